The van der Waals surface area contributed by atoms with Gasteiger partial charge in [0.1, 0.15) is 42.0 Å². The molecule has 4 aromatic carbocycles. The molecule has 0 fully saturated rings. The van der Waals surface area contributed by atoms with Crippen LogP contribution in [0.3, 0.4) is 0 Å². The lowest BCUT2D eigenvalue weighted by molar-refractivity contribution is -0.166. The predicted octanol–water partition coefficient (Wildman–Crippen LogP) is 8.62. The summed E-state index contributed by atoms with van der Waals surface area (Å²) in [7, 11) is 0. The minimum Gasteiger partial charge on any atom is -0.492 e. The van der Waals surface area contributed by atoms with Crippen LogP contribution in [0, 0.1) is 20.8 Å². The van der Waals surface area contributed by atoms with Crippen molar-refractivity contribution >= 4 is 11.8 Å². The Labute approximate surface area is 287 Å². The normalized spacial score (nSPS) is 23.3. The van der Waals surface area contributed by atoms with E-state index in [0.29, 0.717) is 48.7 Å². The van der Waals surface area contributed by atoms with E-state index in [4.69, 9.17) is 23.7 Å². The van der Waals surface area contributed by atoms with Gasteiger partial charge in [-0.05, 0) is 99.0 Å². The topological polar surface area (TPSA) is 80.3 Å². The fourth-order valence-electron chi connectivity index (χ4n) is 8.42. The molecule has 4 aromatic rings. The van der Waals surface area contributed by atoms with Crippen molar-refractivity contribution in [2.75, 3.05) is 13.2 Å². The van der Waals surface area contributed by atoms with Gasteiger partial charge in [-0.2, -0.15) is 0 Å². The number of rotatable bonds is 3. The maximum atomic E-state index is 13.8. The first-order chi connectivity index (χ1) is 23.1. The lowest BCUT2D eigenvalue weighted by atomic mass is 9.69. The molecule has 0 amide bonds. The Morgan fingerprint density at radius 1 is 0.612 bits per heavy atom. The first-order valence-corrected chi connectivity index (χ1v) is 17.0. The summed E-state index contributed by atoms with van der Waals surface area (Å²) in [4.78, 5) is 26.0. The molecule has 8 rings (SSSR count). The monoisotopic (exact) mass is 658 g/mol. The minimum absolute atomic E-state index is 0.0175. The number of carbonyl (C=O) groups is 2. The summed E-state index contributed by atoms with van der Waals surface area (Å²) in [5, 5.41) is 0. The third-order valence-corrected chi connectivity index (χ3v) is 11.1. The average molecular weight is 659 g/mol. The van der Waals surface area contributed by atoms with Crippen molar-refractivity contribution in [1.29, 1.82) is 0 Å². The molecule has 2 unspecified atom stereocenters. The van der Waals surface area contributed by atoms with Crippen LogP contribution in [0.5, 0.6) is 28.7 Å². The molecule has 7 heteroatoms. The summed E-state index contributed by atoms with van der Waals surface area (Å²) in [6.07, 6.45) is 1.35. The SMILES string of the molecule is CC(=O)c1ccc2c(c1)C1(CO2)COc2ccc(C(=O)Oc3cc4c(cc3C)OC3(CC(C)(C)c5cc(C)c(C)cc5O3)CC4(C)C)cc21. The highest BCUT2D eigenvalue weighted by Crippen LogP contribution is 2.55. The minimum atomic E-state index is -0.824. The van der Waals surface area contributed by atoms with Crippen LogP contribution in [0.4, 0.5) is 0 Å². The lowest BCUT2D eigenvalue weighted by Crippen LogP contribution is -2.55. The molecular weight excluding hydrogens is 616 g/mol. The largest absolute Gasteiger partial charge is 0.492 e. The first kappa shape index (κ1) is 31.5. The molecule has 4 aliphatic rings. The number of hydrogen-bond acceptors (Lipinski definition) is 7. The van der Waals surface area contributed by atoms with Crippen molar-refractivity contribution in [1.82, 2.24) is 0 Å². The summed E-state index contributed by atoms with van der Waals surface area (Å²) in [6, 6.07) is 19.2. The second-order valence-electron chi connectivity index (χ2n) is 15.8. The Morgan fingerprint density at radius 3 is 1.71 bits per heavy atom. The molecule has 4 heterocycles. The van der Waals surface area contributed by atoms with Gasteiger partial charge < -0.3 is 23.7 Å². The molecule has 0 N–H and O–H groups in total. The smallest absolute Gasteiger partial charge is 0.343 e. The molecular formula is C42H42O7. The molecule has 252 valence electrons. The van der Waals surface area contributed by atoms with E-state index in [2.05, 4.69) is 53.7 Å². The average Bonchev–Trinajstić information content (AvgIpc) is 3.58. The van der Waals surface area contributed by atoms with E-state index in [1.165, 1.54) is 16.7 Å². The number of Topliss-reactive ketones (excluding diaryl/α,β-unsaturated/α-hetero) is 1. The van der Waals surface area contributed by atoms with Gasteiger partial charge in [-0.3, -0.25) is 4.79 Å². The zero-order valence-corrected chi connectivity index (χ0v) is 29.5. The molecule has 0 radical (unpaired) electrons. The van der Waals surface area contributed by atoms with Crippen molar-refractivity contribution in [3.8, 4) is 28.7 Å². The quantitative estimate of drug-likeness (QED) is 0.124. The highest BCUT2D eigenvalue weighted by molar-refractivity contribution is 5.95. The first-order valence-electron chi connectivity index (χ1n) is 17.0. The van der Waals surface area contributed by atoms with Gasteiger partial charge in [0, 0.05) is 51.5 Å². The predicted molar refractivity (Wildman–Crippen MR) is 186 cm³/mol. The van der Waals surface area contributed by atoms with Crippen molar-refractivity contribution in [2.45, 2.75) is 90.3 Å². The maximum Gasteiger partial charge on any atom is 0.343 e. The number of fused-ring (bicyclic) bond motifs is 6. The van der Waals surface area contributed by atoms with Crippen LogP contribution in [0.1, 0.15) is 107 Å². The number of hydrogen-bond donors (Lipinski definition) is 0. The van der Waals surface area contributed by atoms with Crippen LogP contribution in [0.15, 0.2) is 60.7 Å². The molecule has 49 heavy (non-hydrogen) atoms. The van der Waals surface area contributed by atoms with Crippen LogP contribution in [-0.4, -0.2) is 30.8 Å². The van der Waals surface area contributed by atoms with Crippen molar-refractivity contribution in [3.05, 3.63) is 111 Å². The van der Waals surface area contributed by atoms with E-state index in [0.717, 1.165) is 39.5 Å². The Balaban J connectivity index is 1.09. The van der Waals surface area contributed by atoms with E-state index < -0.39 is 17.2 Å². The third-order valence-electron chi connectivity index (χ3n) is 11.1. The standard InChI is InChI=1S/C42H42O7/c1-23-13-29-36(14-24(23)2)48-42(19-39(29,5)6)20-40(7,8)30-18-35(25(3)15-37(30)49-42)47-38(44)28-10-12-34-32(17-28)41(22-46-34)21-45-33-11-9-27(26(4)43)16-31(33)41/h9-18H,19-22H2,1-8H3. The summed E-state index contributed by atoms with van der Waals surface area (Å²) in [5.74, 6) is 2.24. The zero-order valence-electron chi connectivity index (χ0n) is 29.5. The van der Waals surface area contributed by atoms with Crippen molar-refractivity contribution in [2.24, 2.45) is 0 Å². The number of ketones is 1. The maximum absolute atomic E-state index is 13.8. The highest BCUT2D eigenvalue weighted by Gasteiger charge is 2.54. The summed E-state index contributed by atoms with van der Waals surface area (Å²) >= 11 is 0. The molecule has 0 saturated carbocycles. The summed E-state index contributed by atoms with van der Waals surface area (Å²) in [6.45, 7) is 17.4. The van der Waals surface area contributed by atoms with Gasteiger partial charge in [0.2, 0.25) is 0 Å². The Kier molecular flexibility index (Phi) is 6.66. The summed E-state index contributed by atoms with van der Waals surface area (Å²) in [5.41, 5.74) is 7.11. The number of aryl methyl sites for hydroxylation is 3. The molecule has 7 nitrogen and oxygen atoms in total. The van der Waals surface area contributed by atoms with Gasteiger partial charge in [0.05, 0.1) is 11.0 Å². The van der Waals surface area contributed by atoms with Crippen LogP contribution in [0.25, 0.3) is 0 Å². The number of ether oxygens (including phenoxy) is 5. The molecule has 0 saturated heterocycles. The zero-order chi connectivity index (χ0) is 34.7. The van der Waals surface area contributed by atoms with E-state index >= 15 is 0 Å². The molecule has 4 aliphatic heterocycles. The Hall–Kier alpha value is -4.78. The number of carbonyl (C=O) groups excluding carboxylic acids is 2. The van der Waals surface area contributed by atoms with Gasteiger partial charge in [0.25, 0.3) is 5.79 Å². The Morgan fingerprint density at radius 2 is 1.12 bits per heavy atom. The second-order valence-corrected chi connectivity index (χ2v) is 15.8. The lowest BCUT2D eigenvalue weighted by Gasteiger charge is -2.51. The second kappa shape index (κ2) is 10.4. The van der Waals surface area contributed by atoms with E-state index in [1.807, 2.05) is 43.3 Å². The molecule has 2 atom stereocenters. The summed E-state index contributed by atoms with van der Waals surface area (Å²) < 4.78 is 31.9. The van der Waals surface area contributed by atoms with Crippen molar-refractivity contribution in [3.63, 3.8) is 0 Å². The highest BCUT2D eigenvalue weighted by atomic mass is 16.7. The van der Waals surface area contributed by atoms with Crippen LogP contribution in [-0.2, 0) is 16.2 Å². The van der Waals surface area contributed by atoms with Gasteiger partial charge in [-0.15, -0.1) is 0 Å². The molecule has 0 aliphatic carbocycles. The van der Waals surface area contributed by atoms with Crippen LogP contribution >= 0.6 is 0 Å². The van der Waals surface area contributed by atoms with Gasteiger partial charge in [-0.1, -0.05) is 33.8 Å². The molecule has 2 spiro atoms. The fraction of sp³-hybridized carbons (Fsp3) is 0.381. The van der Waals surface area contributed by atoms with E-state index in [-0.39, 0.29) is 16.6 Å². The Bertz CT molecular complexity index is 2100. The van der Waals surface area contributed by atoms with E-state index in [9.17, 15) is 9.59 Å². The number of benzene rings is 4. The van der Waals surface area contributed by atoms with Gasteiger partial charge in [-0.25, -0.2) is 4.79 Å². The van der Waals surface area contributed by atoms with Crippen LogP contribution in [0.2, 0.25) is 0 Å². The van der Waals surface area contributed by atoms with E-state index in [1.54, 1.807) is 19.1 Å². The molecule has 0 bridgehead atoms. The van der Waals surface area contributed by atoms with Crippen LogP contribution < -0.4 is 23.7 Å². The van der Waals surface area contributed by atoms with Gasteiger partial charge >= 0.3 is 5.97 Å². The van der Waals surface area contributed by atoms with Crippen molar-refractivity contribution < 1.29 is 33.3 Å². The third kappa shape index (κ3) is 4.84. The number of esters is 1. The fourth-order valence-corrected chi connectivity index (χ4v) is 8.42. The molecule has 0 aromatic heterocycles. The van der Waals surface area contributed by atoms with Gasteiger partial charge in [0.15, 0.2) is 5.78 Å².